The molecule has 4 aromatic rings. The molecule has 2 aliphatic rings. The number of rotatable bonds is 3. The van der Waals surface area contributed by atoms with Gasteiger partial charge >= 0.3 is 5.97 Å². The van der Waals surface area contributed by atoms with Crippen molar-refractivity contribution in [2.45, 2.75) is 38.5 Å². The zero-order valence-electron chi connectivity index (χ0n) is 19.8. The number of nitrogens with zero attached hydrogens (tertiary/aromatic N) is 3. The molecule has 4 heterocycles. The van der Waals surface area contributed by atoms with Crippen LogP contribution in [0, 0.1) is 5.82 Å². The molecule has 0 saturated carbocycles. The molecule has 6 rings (SSSR count). The summed E-state index contributed by atoms with van der Waals surface area (Å²) in [4.78, 5) is 35.2. The highest BCUT2D eigenvalue weighted by atomic mass is 35.5. The van der Waals surface area contributed by atoms with E-state index in [0.29, 0.717) is 28.2 Å². The van der Waals surface area contributed by atoms with Gasteiger partial charge in [-0.3, -0.25) is 14.6 Å². The van der Waals surface area contributed by atoms with Crippen LogP contribution in [0.3, 0.4) is 0 Å². The molecule has 37 heavy (non-hydrogen) atoms. The van der Waals surface area contributed by atoms with E-state index in [1.54, 1.807) is 23.8 Å². The number of esters is 1. The number of carbonyl (C=O) groups excluding carboxylic acids is 1. The van der Waals surface area contributed by atoms with Gasteiger partial charge in [-0.15, -0.1) is 0 Å². The summed E-state index contributed by atoms with van der Waals surface area (Å²) in [6, 6.07) is 13.6. The summed E-state index contributed by atoms with van der Waals surface area (Å²) in [6.45, 7) is 1.81. The molecule has 0 amide bonds. The molecule has 1 unspecified atom stereocenters. The van der Waals surface area contributed by atoms with Crippen molar-refractivity contribution >= 4 is 40.4 Å². The Balaban J connectivity index is 1.57. The first-order chi connectivity index (χ1) is 17.8. The van der Waals surface area contributed by atoms with Crippen LogP contribution in [0.25, 0.3) is 22.3 Å². The molecule has 1 atom stereocenters. The van der Waals surface area contributed by atoms with Crippen LogP contribution in [0.2, 0.25) is 5.02 Å². The normalized spacial score (nSPS) is 18.4. The van der Waals surface area contributed by atoms with Crippen LogP contribution in [0.15, 0.2) is 58.3 Å². The standard InChI is InChI=1S/C28H21ClFN3O4/c1-2-28(36)11-25(34)37-14-19-20(28)10-24-26-18(13-33(24)27(19)35)17(16-5-3-4-6-23(16)32-26)12-31-15-7-8-22(30)21(29)9-15/h3-10,12,36H,2,11,13-14H2,1H3. The topological polar surface area (TPSA) is 93.8 Å². The molecule has 0 saturated heterocycles. The lowest BCUT2D eigenvalue weighted by molar-refractivity contribution is -0.149. The second-order valence-electron chi connectivity index (χ2n) is 9.26. The Kier molecular flexibility index (Phi) is 5.47. The van der Waals surface area contributed by atoms with Crippen molar-refractivity contribution in [2.75, 3.05) is 0 Å². The summed E-state index contributed by atoms with van der Waals surface area (Å²) >= 11 is 5.93. The van der Waals surface area contributed by atoms with Gasteiger partial charge in [0.15, 0.2) is 0 Å². The van der Waals surface area contributed by atoms with E-state index in [-0.39, 0.29) is 42.1 Å². The predicted octanol–water partition coefficient (Wildman–Crippen LogP) is 5.01. The molecule has 0 bridgehead atoms. The Morgan fingerprint density at radius 1 is 1.22 bits per heavy atom. The summed E-state index contributed by atoms with van der Waals surface area (Å²) in [7, 11) is 0. The van der Waals surface area contributed by atoms with Crippen LogP contribution < -0.4 is 5.56 Å². The number of cyclic esters (lactones) is 1. The molecule has 2 aliphatic heterocycles. The highest BCUT2D eigenvalue weighted by Gasteiger charge is 2.39. The lowest BCUT2D eigenvalue weighted by Gasteiger charge is -2.26. The molecule has 0 spiro atoms. The maximum atomic E-state index is 13.6. The minimum absolute atomic E-state index is 0.0240. The van der Waals surface area contributed by atoms with Gasteiger partial charge in [0.05, 0.1) is 46.1 Å². The first-order valence-electron chi connectivity index (χ1n) is 11.9. The Morgan fingerprint density at radius 3 is 2.81 bits per heavy atom. The van der Waals surface area contributed by atoms with Crippen molar-refractivity contribution in [1.82, 2.24) is 9.55 Å². The molecule has 0 fully saturated rings. The molecular formula is C28H21ClFN3O4. The van der Waals surface area contributed by atoms with Crippen LogP contribution in [0.4, 0.5) is 10.1 Å². The fourth-order valence-corrected chi connectivity index (χ4v) is 5.28. The number of hydrogen-bond donors (Lipinski definition) is 1. The lowest BCUT2D eigenvalue weighted by Crippen LogP contribution is -2.32. The maximum absolute atomic E-state index is 13.6. The zero-order valence-corrected chi connectivity index (χ0v) is 20.6. The summed E-state index contributed by atoms with van der Waals surface area (Å²) in [5.41, 5.74) is 2.76. The fourth-order valence-electron chi connectivity index (χ4n) is 5.11. The molecule has 0 aliphatic carbocycles. The Hall–Kier alpha value is -3.88. The third kappa shape index (κ3) is 3.75. The van der Waals surface area contributed by atoms with Crippen LogP contribution in [-0.2, 0) is 28.3 Å². The molecule has 1 N–H and O–H groups in total. The van der Waals surface area contributed by atoms with Gasteiger partial charge in [-0.2, -0.15) is 0 Å². The Labute approximate surface area is 215 Å². The average Bonchev–Trinajstić information content (AvgIpc) is 3.19. The fraction of sp³-hybridized carbons (Fsp3) is 0.214. The Bertz CT molecular complexity index is 1710. The minimum Gasteiger partial charge on any atom is -0.460 e. The van der Waals surface area contributed by atoms with E-state index in [2.05, 4.69) is 4.99 Å². The van der Waals surface area contributed by atoms with E-state index < -0.39 is 17.4 Å². The Morgan fingerprint density at radius 2 is 2.03 bits per heavy atom. The summed E-state index contributed by atoms with van der Waals surface area (Å²) in [5.74, 6) is -1.07. The van der Waals surface area contributed by atoms with E-state index in [4.69, 9.17) is 21.3 Å². The predicted molar refractivity (Wildman–Crippen MR) is 138 cm³/mol. The van der Waals surface area contributed by atoms with Crippen molar-refractivity contribution in [3.8, 4) is 11.4 Å². The van der Waals surface area contributed by atoms with Gasteiger partial charge in [0.1, 0.15) is 18.0 Å². The van der Waals surface area contributed by atoms with Gasteiger partial charge in [-0.1, -0.05) is 36.7 Å². The number of carbonyl (C=O) groups is 1. The number of para-hydroxylation sites is 1. The minimum atomic E-state index is -1.51. The van der Waals surface area contributed by atoms with Gasteiger partial charge in [0.2, 0.25) is 0 Å². The quantitative estimate of drug-likeness (QED) is 0.268. The number of fused-ring (bicyclic) bond motifs is 5. The molecular weight excluding hydrogens is 497 g/mol. The van der Waals surface area contributed by atoms with Crippen molar-refractivity contribution in [3.63, 3.8) is 0 Å². The second-order valence-corrected chi connectivity index (χ2v) is 9.67. The lowest BCUT2D eigenvalue weighted by atomic mass is 9.85. The largest absolute Gasteiger partial charge is 0.460 e. The number of pyridine rings is 2. The highest BCUT2D eigenvalue weighted by Crippen LogP contribution is 2.40. The van der Waals surface area contributed by atoms with Crippen molar-refractivity contribution in [3.05, 3.63) is 92.0 Å². The van der Waals surface area contributed by atoms with Gasteiger partial charge in [0.25, 0.3) is 5.56 Å². The zero-order chi connectivity index (χ0) is 25.9. The van der Waals surface area contributed by atoms with E-state index in [1.807, 2.05) is 24.3 Å². The first-order valence-corrected chi connectivity index (χ1v) is 12.2. The molecule has 186 valence electrons. The molecule has 9 heteroatoms. The van der Waals surface area contributed by atoms with E-state index in [9.17, 15) is 19.1 Å². The third-order valence-corrected chi connectivity index (χ3v) is 7.43. The van der Waals surface area contributed by atoms with Crippen molar-refractivity contribution < 1.29 is 19.0 Å². The van der Waals surface area contributed by atoms with Gasteiger partial charge in [-0.05, 0) is 42.3 Å². The van der Waals surface area contributed by atoms with Gasteiger partial charge < -0.3 is 14.4 Å². The SMILES string of the molecule is CCC1(O)CC(=O)OCc2c1cc1n(c2=O)Cc2c-1nc1ccccc1c2C=Nc1ccc(F)c(Cl)c1. The molecule has 0 radical (unpaired) electrons. The van der Waals surface area contributed by atoms with Crippen LogP contribution >= 0.6 is 11.6 Å². The summed E-state index contributed by atoms with van der Waals surface area (Å²) < 4.78 is 20.5. The summed E-state index contributed by atoms with van der Waals surface area (Å²) in [5, 5.41) is 12.2. The molecule has 2 aromatic heterocycles. The molecule has 2 aromatic carbocycles. The van der Waals surface area contributed by atoms with Gasteiger partial charge in [0, 0.05) is 22.7 Å². The van der Waals surface area contributed by atoms with Crippen LogP contribution in [0.5, 0.6) is 0 Å². The number of aromatic nitrogens is 2. The number of aliphatic hydroxyl groups is 1. The first kappa shape index (κ1) is 23.5. The van der Waals surface area contributed by atoms with E-state index in [1.165, 1.54) is 18.2 Å². The van der Waals surface area contributed by atoms with Crippen LogP contribution in [-0.4, -0.2) is 26.8 Å². The number of ether oxygens (including phenoxy) is 1. The number of hydrogen-bond acceptors (Lipinski definition) is 6. The maximum Gasteiger partial charge on any atom is 0.309 e. The smallest absolute Gasteiger partial charge is 0.309 e. The van der Waals surface area contributed by atoms with E-state index >= 15 is 0 Å². The average molecular weight is 518 g/mol. The highest BCUT2D eigenvalue weighted by molar-refractivity contribution is 6.31. The molecule has 7 nitrogen and oxygen atoms in total. The monoisotopic (exact) mass is 517 g/mol. The van der Waals surface area contributed by atoms with Crippen molar-refractivity contribution in [2.24, 2.45) is 4.99 Å². The number of benzene rings is 2. The third-order valence-electron chi connectivity index (χ3n) is 7.14. The summed E-state index contributed by atoms with van der Waals surface area (Å²) in [6.07, 6.45) is 1.70. The number of halogens is 2. The van der Waals surface area contributed by atoms with Crippen LogP contribution in [0.1, 0.15) is 42.0 Å². The van der Waals surface area contributed by atoms with E-state index in [0.717, 1.165) is 16.5 Å². The second kappa shape index (κ2) is 8.61. The van der Waals surface area contributed by atoms with Crippen molar-refractivity contribution in [1.29, 1.82) is 0 Å². The van der Waals surface area contributed by atoms with Gasteiger partial charge in [-0.25, -0.2) is 9.37 Å². The number of aliphatic imine (C=N–C) groups is 1.